The zero-order valence-electron chi connectivity index (χ0n) is 11.7. The van der Waals surface area contributed by atoms with E-state index in [2.05, 4.69) is 10.6 Å². The fourth-order valence-electron chi connectivity index (χ4n) is 1.76. The second-order valence-corrected chi connectivity index (χ2v) is 5.14. The maximum absolute atomic E-state index is 11.9. The van der Waals surface area contributed by atoms with Crippen LogP contribution in [0.4, 0.5) is 10.5 Å². The number of hydrogen-bond donors (Lipinski definition) is 3. The van der Waals surface area contributed by atoms with Crippen LogP contribution in [-0.2, 0) is 4.79 Å². The maximum Gasteiger partial charge on any atom is 0.326 e. The number of benzene rings is 1. The van der Waals surface area contributed by atoms with Crippen molar-refractivity contribution in [3.8, 4) is 0 Å². The smallest absolute Gasteiger partial charge is 0.326 e. The number of rotatable bonds is 5. The Morgan fingerprint density at radius 2 is 2.05 bits per heavy atom. The van der Waals surface area contributed by atoms with E-state index in [1.807, 2.05) is 19.9 Å². The number of carbonyl (C=O) groups is 2. The van der Waals surface area contributed by atoms with Crippen LogP contribution in [0.2, 0.25) is 5.02 Å². The van der Waals surface area contributed by atoms with E-state index in [9.17, 15) is 9.59 Å². The number of nitrogens with one attached hydrogen (secondary N) is 2. The van der Waals surface area contributed by atoms with Crippen molar-refractivity contribution in [1.29, 1.82) is 0 Å². The third-order valence-electron chi connectivity index (χ3n) is 3.23. The van der Waals surface area contributed by atoms with Crippen molar-refractivity contribution >= 4 is 29.3 Å². The number of hydrogen-bond acceptors (Lipinski definition) is 2. The average molecular weight is 299 g/mol. The lowest BCUT2D eigenvalue weighted by Crippen LogP contribution is -2.46. The summed E-state index contributed by atoms with van der Waals surface area (Å²) in [6, 6.07) is 3.75. The van der Waals surface area contributed by atoms with Crippen molar-refractivity contribution in [2.24, 2.45) is 5.92 Å². The summed E-state index contributed by atoms with van der Waals surface area (Å²) in [6.07, 6.45) is 0.655. The molecule has 0 aromatic heterocycles. The lowest BCUT2D eigenvalue weighted by molar-refractivity contribution is -0.140. The zero-order valence-corrected chi connectivity index (χ0v) is 12.5. The second kappa shape index (κ2) is 7.14. The van der Waals surface area contributed by atoms with E-state index in [0.29, 0.717) is 17.1 Å². The number of aliphatic carboxylic acids is 1. The molecule has 0 bridgehead atoms. The van der Waals surface area contributed by atoms with Gasteiger partial charge >= 0.3 is 12.0 Å². The molecular weight excluding hydrogens is 280 g/mol. The van der Waals surface area contributed by atoms with Gasteiger partial charge in [-0.15, -0.1) is 0 Å². The van der Waals surface area contributed by atoms with E-state index in [1.165, 1.54) is 0 Å². The molecule has 1 aromatic carbocycles. The Labute approximate surface area is 123 Å². The first-order valence-electron chi connectivity index (χ1n) is 6.42. The number of aryl methyl sites for hydroxylation is 1. The molecule has 0 fully saturated rings. The Kier molecular flexibility index (Phi) is 5.82. The molecule has 6 heteroatoms. The number of para-hydroxylation sites is 1. The van der Waals surface area contributed by atoms with E-state index in [-0.39, 0.29) is 5.92 Å². The molecule has 0 spiro atoms. The van der Waals surface area contributed by atoms with E-state index in [0.717, 1.165) is 5.56 Å². The molecule has 2 unspecified atom stereocenters. The molecular formula is C14H19ClN2O3. The molecule has 0 aliphatic carbocycles. The molecule has 0 radical (unpaired) electrons. The zero-order chi connectivity index (χ0) is 15.3. The maximum atomic E-state index is 11.9. The molecule has 2 atom stereocenters. The molecule has 20 heavy (non-hydrogen) atoms. The van der Waals surface area contributed by atoms with Gasteiger partial charge < -0.3 is 15.7 Å². The molecule has 1 rings (SSSR count). The van der Waals surface area contributed by atoms with E-state index in [4.69, 9.17) is 16.7 Å². The minimum atomic E-state index is -1.05. The summed E-state index contributed by atoms with van der Waals surface area (Å²) in [5.74, 6) is -1.21. The molecule has 3 N–H and O–H groups in total. The van der Waals surface area contributed by atoms with Gasteiger partial charge in [-0.3, -0.25) is 0 Å². The Morgan fingerprint density at radius 1 is 1.40 bits per heavy atom. The van der Waals surface area contributed by atoms with Crippen molar-refractivity contribution in [2.75, 3.05) is 5.32 Å². The Bertz CT molecular complexity index is 485. The van der Waals surface area contributed by atoms with Gasteiger partial charge in [-0.2, -0.15) is 0 Å². The molecule has 0 saturated carbocycles. The van der Waals surface area contributed by atoms with Crippen LogP contribution in [0, 0.1) is 12.8 Å². The normalized spacial score (nSPS) is 13.4. The van der Waals surface area contributed by atoms with Crippen LogP contribution in [-0.4, -0.2) is 23.1 Å². The molecule has 0 aliphatic heterocycles. The van der Waals surface area contributed by atoms with Gasteiger partial charge in [0.2, 0.25) is 0 Å². The van der Waals surface area contributed by atoms with Gasteiger partial charge in [0.1, 0.15) is 6.04 Å². The summed E-state index contributed by atoms with van der Waals surface area (Å²) in [4.78, 5) is 23.1. The third-order valence-corrected chi connectivity index (χ3v) is 3.54. The first kappa shape index (κ1) is 16.3. The Morgan fingerprint density at radius 3 is 2.55 bits per heavy atom. The van der Waals surface area contributed by atoms with Gasteiger partial charge in [-0.25, -0.2) is 9.59 Å². The second-order valence-electron chi connectivity index (χ2n) is 4.73. The van der Waals surface area contributed by atoms with Crippen LogP contribution >= 0.6 is 11.6 Å². The summed E-state index contributed by atoms with van der Waals surface area (Å²) in [6.45, 7) is 5.46. The van der Waals surface area contributed by atoms with E-state index < -0.39 is 18.0 Å². The third kappa shape index (κ3) is 4.13. The summed E-state index contributed by atoms with van der Waals surface area (Å²) in [7, 11) is 0. The van der Waals surface area contributed by atoms with Gasteiger partial charge in [-0.1, -0.05) is 44.0 Å². The van der Waals surface area contributed by atoms with Crippen LogP contribution in [0.1, 0.15) is 25.8 Å². The minimum absolute atomic E-state index is 0.161. The van der Waals surface area contributed by atoms with Gasteiger partial charge in [0, 0.05) is 0 Å². The Hall–Kier alpha value is -1.75. The lowest BCUT2D eigenvalue weighted by Gasteiger charge is -2.21. The quantitative estimate of drug-likeness (QED) is 0.780. The van der Waals surface area contributed by atoms with Crippen molar-refractivity contribution in [2.45, 2.75) is 33.2 Å². The first-order chi connectivity index (χ1) is 9.36. The predicted molar refractivity (Wildman–Crippen MR) is 79.2 cm³/mol. The summed E-state index contributed by atoms with van der Waals surface area (Å²) in [5, 5.41) is 14.6. The van der Waals surface area contributed by atoms with Crippen LogP contribution in [0.3, 0.4) is 0 Å². The van der Waals surface area contributed by atoms with Crippen LogP contribution < -0.4 is 10.6 Å². The van der Waals surface area contributed by atoms with Gasteiger partial charge in [0.25, 0.3) is 0 Å². The monoisotopic (exact) mass is 298 g/mol. The van der Waals surface area contributed by atoms with E-state index in [1.54, 1.807) is 19.1 Å². The highest BCUT2D eigenvalue weighted by atomic mass is 35.5. The topological polar surface area (TPSA) is 78.4 Å². The number of carboxylic acids is 1. The van der Waals surface area contributed by atoms with Crippen molar-refractivity contribution in [3.63, 3.8) is 0 Å². The lowest BCUT2D eigenvalue weighted by atomic mass is 9.99. The van der Waals surface area contributed by atoms with Gasteiger partial charge in [-0.05, 0) is 24.5 Å². The van der Waals surface area contributed by atoms with Gasteiger partial charge in [0.15, 0.2) is 0 Å². The molecule has 2 amide bonds. The van der Waals surface area contributed by atoms with E-state index >= 15 is 0 Å². The molecule has 0 saturated heterocycles. The summed E-state index contributed by atoms with van der Waals surface area (Å²) < 4.78 is 0. The standard InChI is InChI=1S/C14H19ClN2O3/c1-4-8(2)12(13(18)19)17-14(20)16-11-9(3)6-5-7-10(11)15/h5-8,12H,4H2,1-3H3,(H,18,19)(H2,16,17,20). The number of carboxylic acid groups (broad SMARTS) is 1. The van der Waals surface area contributed by atoms with Crippen molar-refractivity contribution in [1.82, 2.24) is 5.32 Å². The number of carbonyl (C=O) groups excluding carboxylic acids is 1. The largest absolute Gasteiger partial charge is 0.480 e. The average Bonchev–Trinajstić information content (AvgIpc) is 2.39. The highest BCUT2D eigenvalue weighted by Crippen LogP contribution is 2.25. The fraction of sp³-hybridized carbons (Fsp3) is 0.429. The molecule has 0 aliphatic rings. The molecule has 0 heterocycles. The van der Waals surface area contributed by atoms with Gasteiger partial charge in [0.05, 0.1) is 10.7 Å². The molecule has 1 aromatic rings. The van der Waals surface area contributed by atoms with Crippen LogP contribution in [0.25, 0.3) is 0 Å². The highest BCUT2D eigenvalue weighted by molar-refractivity contribution is 6.33. The van der Waals surface area contributed by atoms with Crippen LogP contribution in [0.5, 0.6) is 0 Å². The molecule has 110 valence electrons. The first-order valence-corrected chi connectivity index (χ1v) is 6.80. The number of urea groups is 1. The number of amides is 2. The fourth-order valence-corrected chi connectivity index (χ4v) is 2.03. The SMILES string of the molecule is CCC(C)C(NC(=O)Nc1c(C)cccc1Cl)C(=O)O. The number of anilines is 1. The Balaban J connectivity index is 2.79. The van der Waals surface area contributed by atoms with Crippen molar-refractivity contribution < 1.29 is 14.7 Å². The summed E-state index contributed by atoms with van der Waals surface area (Å²) in [5.41, 5.74) is 1.29. The molecule has 5 nitrogen and oxygen atoms in total. The summed E-state index contributed by atoms with van der Waals surface area (Å²) >= 11 is 6.00. The minimum Gasteiger partial charge on any atom is -0.480 e. The van der Waals surface area contributed by atoms with Crippen LogP contribution in [0.15, 0.2) is 18.2 Å². The highest BCUT2D eigenvalue weighted by Gasteiger charge is 2.25. The predicted octanol–water partition coefficient (Wildman–Crippen LogP) is 3.27. The van der Waals surface area contributed by atoms with Crippen molar-refractivity contribution in [3.05, 3.63) is 28.8 Å². The number of halogens is 1.